The van der Waals surface area contributed by atoms with Gasteiger partial charge in [-0.05, 0) is 72.3 Å². The molecular weight excluding hydrogens is 933 g/mol. The Hall–Kier alpha value is -10.8. The number of hydrogen-bond donors (Lipinski definition) is 0. The van der Waals surface area contributed by atoms with E-state index in [2.05, 4.69) is 111 Å². The average Bonchev–Trinajstić information content (AvgIpc) is 4.04. The third-order valence-electron chi connectivity index (χ3n) is 13.9. The fraction of sp³-hybridized carbons (Fsp3) is 0. The number of rotatable bonds is 9. The highest BCUT2D eigenvalue weighted by molar-refractivity contribution is 6.12. The van der Waals surface area contributed by atoms with Crippen molar-refractivity contribution in [3.05, 3.63) is 248 Å². The van der Waals surface area contributed by atoms with Crippen molar-refractivity contribution in [1.29, 1.82) is 5.26 Å². The Kier molecular flexibility index (Phi) is 10.6. The van der Waals surface area contributed by atoms with Crippen LogP contribution >= 0.6 is 0 Å². The van der Waals surface area contributed by atoms with Crippen molar-refractivity contribution >= 4 is 43.6 Å². The highest BCUT2D eigenvalue weighted by Crippen LogP contribution is 2.42. The summed E-state index contributed by atoms with van der Waals surface area (Å²) in [6.07, 6.45) is 3.65. The van der Waals surface area contributed by atoms with Crippen molar-refractivity contribution in [3.8, 4) is 96.9 Å². The molecule has 0 fully saturated rings. The van der Waals surface area contributed by atoms with Crippen LogP contribution in [0.5, 0.6) is 0 Å². The van der Waals surface area contributed by atoms with E-state index in [0.717, 1.165) is 99.5 Å². The fourth-order valence-corrected chi connectivity index (χ4v) is 10.4. The van der Waals surface area contributed by atoms with Crippen LogP contribution in [0.15, 0.2) is 243 Å². The Balaban J connectivity index is 0.978. The van der Waals surface area contributed by atoms with E-state index in [9.17, 15) is 5.26 Å². The Bertz CT molecular complexity index is 4190. The van der Waals surface area contributed by atoms with E-state index in [-0.39, 0.29) is 0 Å². The van der Waals surface area contributed by atoms with Crippen LogP contribution in [0.2, 0.25) is 0 Å². The van der Waals surface area contributed by atoms with Crippen LogP contribution in [0, 0.1) is 11.3 Å². The summed E-state index contributed by atoms with van der Waals surface area (Å²) in [4.78, 5) is 34.8. The molecule has 0 aliphatic heterocycles. The molecule has 0 amide bonds. The van der Waals surface area contributed by atoms with Gasteiger partial charge in [0, 0.05) is 72.9 Å². The van der Waals surface area contributed by atoms with Gasteiger partial charge in [-0.3, -0.25) is 4.98 Å². The number of pyridine rings is 1. The number of para-hydroxylation sites is 2. The van der Waals surface area contributed by atoms with Crippen LogP contribution in [0.1, 0.15) is 5.56 Å². The predicted molar refractivity (Wildman–Crippen MR) is 302 cm³/mol. The molecule has 0 N–H and O–H groups in total. The zero-order valence-corrected chi connectivity index (χ0v) is 40.6. The van der Waals surface area contributed by atoms with Crippen LogP contribution < -0.4 is 0 Å². The molecule has 0 spiro atoms. The van der Waals surface area contributed by atoms with Crippen LogP contribution in [0.25, 0.3) is 134 Å². The number of nitrogens with zero attached hydrogens (tertiary/aromatic N) is 10. The van der Waals surface area contributed by atoms with Gasteiger partial charge in [-0.2, -0.15) is 5.26 Å². The lowest BCUT2D eigenvalue weighted by molar-refractivity contribution is 1.07. The first-order chi connectivity index (χ1) is 37.6. The van der Waals surface area contributed by atoms with Crippen molar-refractivity contribution in [3.63, 3.8) is 0 Å². The average molecular weight is 973 g/mol. The lowest BCUT2D eigenvalue weighted by atomic mass is 10.0. The maximum Gasteiger partial charge on any atom is 0.164 e. The van der Waals surface area contributed by atoms with E-state index in [1.54, 1.807) is 6.20 Å². The minimum atomic E-state index is 0.501. The Labute approximate surface area is 436 Å². The minimum absolute atomic E-state index is 0.501. The molecule has 0 atom stereocenters. The monoisotopic (exact) mass is 972 g/mol. The third kappa shape index (κ3) is 7.63. The second kappa shape index (κ2) is 18.4. The van der Waals surface area contributed by atoms with E-state index >= 15 is 0 Å². The zero-order chi connectivity index (χ0) is 50.5. The second-order valence-electron chi connectivity index (χ2n) is 18.5. The van der Waals surface area contributed by atoms with Crippen molar-refractivity contribution in [2.75, 3.05) is 0 Å². The normalized spacial score (nSPS) is 11.4. The number of fused-ring (bicyclic) bond motifs is 6. The Morgan fingerprint density at radius 3 is 1.00 bits per heavy atom. The molecule has 0 saturated carbocycles. The first-order valence-corrected chi connectivity index (χ1v) is 24.9. The minimum Gasteiger partial charge on any atom is -0.308 e. The number of aromatic nitrogens is 9. The van der Waals surface area contributed by atoms with Crippen molar-refractivity contribution in [2.45, 2.75) is 0 Å². The van der Waals surface area contributed by atoms with Crippen molar-refractivity contribution < 1.29 is 0 Å². The van der Waals surface area contributed by atoms with E-state index in [1.807, 2.05) is 146 Å². The van der Waals surface area contributed by atoms with Gasteiger partial charge < -0.3 is 9.13 Å². The van der Waals surface area contributed by atoms with Crippen LogP contribution in [-0.4, -0.2) is 44.0 Å². The molecule has 0 saturated heterocycles. The molecule has 10 heteroatoms. The van der Waals surface area contributed by atoms with Gasteiger partial charge in [-0.1, -0.05) is 164 Å². The number of hydrogen-bond acceptors (Lipinski definition) is 8. The van der Waals surface area contributed by atoms with Crippen LogP contribution in [0.3, 0.4) is 0 Å². The molecule has 0 unspecified atom stereocenters. The summed E-state index contributed by atoms with van der Waals surface area (Å²) in [5.74, 6) is 3.48. The summed E-state index contributed by atoms with van der Waals surface area (Å²) in [7, 11) is 0. The first kappa shape index (κ1) is 44.0. The van der Waals surface area contributed by atoms with Crippen molar-refractivity contribution in [2.24, 2.45) is 0 Å². The van der Waals surface area contributed by atoms with Crippen molar-refractivity contribution in [1.82, 2.24) is 44.0 Å². The molecule has 0 aliphatic carbocycles. The fourth-order valence-electron chi connectivity index (χ4n) is 10.4. The molecule has 5 heterocycles. The highest BCUT2D eigenvalue weighted by Gasteiger charge is 2.24. The van der Waals surface area contributed by atoms with Gasteiger partial charge in [0.2, 0.25) is 0 Å². The molecule has 0 bridgehead atoms. The molecule has 0 radical (unpaired) electrons. The number of nitriles is 1. The maximum absolute atomic E-state index is 11.7. The summed E-state index contributed by atoms with van der Waals surface area (Å²) in [6, 6.07) is 80.4. The number of benzene rings is 9. The van der Waals surface area contributed by atoms with E-state index in [1.165, 1.54) is 0 Å². The van der Waals surface area contributed by atoms with Gasteiger partial charge in [0.15, 0.2) is 34.9 Å². The van der Waals surface area contributed by atoms with E-state index < -0.39 is 0 Å². The molecular formula is C66H40N10. The van der Waals surface area contributed by atoms with Gasteiger partial charge in [-0.15, -0.1) is 0 Å². The Morgan fingerprint density at radius 2 is 0.632 bits per heavy atom. The standard InChI is InChI=1S/C66H40N10/c67-40-54-59(75-55-29-15-13-27-50(55)52-36-46(31-33-57(52)75)65-71-61(42-18-5-1-6-19-42)69-62(72-65)43-20-7-2-8-21-43)38-49(48-26-17-35-68-41-48)39-60(54)76-56-30-16-14-28-51(56)53-37-47(32-34-58(53)76)66-73-63(44-22-9-3-10-23-44)70-64(74-66)45-24-11-4-12-25-45/h1-39,41H. The molecule has 354 valence electrons. The smallest absolute Gasteiger partial charge is 0.164 e. The largest absolute Gasteiger partial charge is 0.308 e. The van der Waals surface area contributed by atoms with Crippen LogP contribution in [0.4, 0.5) is 0 Å². The third-order valence-corrected chi connectivity index (χ3v) is 13.9. The zero-order valence-electron chi connectivity index (χ0n) is 40.6. The topological polar surface area (TPSA) is 124 Å². The Morgan fingerprint density at radius 1 is 0.289 bits per heavy atom. The second-order valence-corrected chi connectivity index (χ2v) is 18.5. The van der Waals surface area contributed by atoms with Gasteiger partial charge in [-0.25, -0.2) is 29.9 Å². The van der Waals surface area contributed by atoms with Crippen LogP contribution in [-0.2, 0) is 0 Å². The maximum atomic E-state index is 11.7. The van der Waals surface area contributed by atoms with E-state index in [4.69, 9.17) is 29.9 Å². The molecule has 14 rings (SSSR count). The van der Waals surface area contributed by atoms with Gasteiger partial charge in [0.1, 0.15) is 11.6 Å². The lowest BCUT2D eigenvalue weighted by Crippen LogP contribution is -2.05. The summed E-state index contributed by atoms with van der Waals surface area (Å²) in [5.41, 5.74) is 12.8. The molecule has 0 aliphatic rings. The molecule has 10 nitrogen and oxygen atoms in total. The summed E-state index contributed by atoms with van der Waals surface area (Å²) in [5, 5.41) is 15.7. The SMILES string of the molecule is N#Cc1c(-n2c3ccccc3c3cc(-c4nc(-c5ccccc5)nc(-c5ccccc5)n4)ccc32)cc(-c2cccnc2)cc1-n1c2ccccc2c2cc(-c3nc(-c4ccccc4)nc(-c4ccccc4)n3)ccc21. The summed E-state index contributed by atoms with van der Waals surface area (Å²) >= 11 is 0. The van der Waals surface area contributed by atoms with Gasteiger partial charge >= 0.3 is 0 Å². The molecule has 5 aromatic heterocycles. The predicted octanol–water partition coefficient (Wildman–Crippen LogP) is 15.2. The quantitative estimate of drug-likeness (QED) is 0.140. The van der Waals surface area contributed by atoms with Gasteiger partial charge in [0.25, 0.3) is 0 Å². The summed E-state index contributed by atoms with van der Waals surface area (Å²) < 4.78 is 4.44. The molecule has 14 aromatic rings. The lowest BCUT2D eigenvalue weighted by Gasteiger charge is -2.18. The van der Waals surface area contributed by atoms with E-state index in [0.29, 0.717) is 40.5 Å². The first-order valence-electron chi connectivity index (χ1n) is 24.9. The summed E-state index contributed by atoms with van der Waals surface area (Å²) in [6.45, 7) is 0. The highest BCUT2D eigenvalue weighted by atomic mass is 15.1. The van der Waals surface area contributed by atoms with Gasteiger partial charge in [0.05, 0.1) is 33.4 Å². The molecule has 9 aromatic carbocycles. The molecule has 76 heavy (non-hydrogen) atoms.